The SMILES string of the molecule is C=Cc1cc(-c2cccc(C(C)(C)NCCC)c2)ccc1N. The van der Waals surface area contributed by atoms with E-state index < -0.39 is 0 Å². The van der Waals surface area contributed by atoms with Crippen LogP contribution >= 0.6 is 0 Å². The van der Waals surface area contributed by atoms with Crippen LogP contribution in [0, 0.1) is 0 Å². The van der Waals surface area contributed by atoms with Crippen molar-refractivity contribution in [1.29, 1.82) is 0 Å². The summed E-state index contributed by atoms with van der Waals surface area (Å²) in [6.45, 7) is 11.5. The molecule has 0 unspecified atom stereocenters. The van der Waals surface area contributed by atoms with Gasteiger partial charge in [-0.1, -0.05) is 43.8 Å². The number of nitrogen functional groups attached to an aromatic ring is 1. The van der Waals surface area contributed by atoms with Crippen LogP contribution in [0.2, 0.25) is 0 Å². The average Bonchev–Trinajstić information content (AvgIpc) is 2.53. The van der Waals surface area contributed by atoms with Crippen molar-refractivity contribution in [3.05, 3.63) is 60.2 Å². The summed E-state index contributed by atoms with van der Waals surface area (Å²) in [5, 5.41) is 3.60. The molecule has 0 bridgehead atoms. The van der Waals surface area contributed by atoms with E-state index in [4.69, 9.17) is 5.73 Å². The van der Waals surface area contributed by atoms with Crippen molar-refractivity contribution in [2.75, 3.05) is 12.3 Å². The first kappa shape index (κ1) is 16.3. The molecule has 2 rings (SSSR count). The molecule has 3 N–H and O–H groups in total. The van der Waals surface area contributed by atoms with E-state index >= 15 is 0 Å². The van der Waals surface area contributed by atoms with Gasteiger partial charge in [-0.25, -0.2) is 0 Å². The highest BCUT2D eigenvalue weighted by Gasteiger charge is 2.19. The van der Waals surface area contributed by atoms with Crippen LogP contribution in [0.5, 0.6) is 0 Å². The molecule has 0 fully saturated rings. The molecule has 0 aromatic heterocycles. The summed E-state index contributed by atoms with van der Waals surface area (Å²) < 4.78 is 0. The molecular formula is C20H26N2. The fourth-order valence-corrected chi connectivity index (χ4v) is 2.56. The standard InChI is InChI=1S/C20H26N2/c1-5-12-22-20(3,4)18-9-7-8-16(14-18)17-10-11-19(21)15(6-2)13-17/h6-11,13-14,22H,2,5,12,21H2,1,3-4H3. The minimum Gasteiger partial charge on any atom is -0.398 e. The molecule has 0 saturated heterocycles. The number of benzene rings is 2. The fraction of sp³-hybridized carbons (Fsp3) is 0.300. The minimum absolute atomic E-state index is 0.0406. The molecule has 22 heavy (non-hydrogen) atoms. The second kappa shape index (κ2) is 6.80. The Balaban J connectivity index is 2.38. The number of nitrogens with one attached hydrogen (secondary N) is 1. The van der Waals surface area contributed by atoms with Crippen LogP contribution < -0.4 is 11.1 Å². The zero-order valence-electron chi connectivity index (χ0n) is 13.8. The molecule has 0 aliphatic heterocycles. The molecule has 2 aromatic carbocycles. The lowest BCUT2D eigenvalue weighted by atomic mass is 9.90. The van der Waals surface area contributed by atoms with Gasteiger partial charge in [0.2, 0.25) is 0 Å². The molecule has 0 spiro atoms. The van der Waals surface area contributed by atoms with Crippen molar-refractivity contribution >= 4 is 11.8 Å². The maximum Gasteiger partial charge on any atom is 0.0387 e. The van der Waals surface area contributed by atoms with Gasteiger partial charge in [0.05, 0.1) is 0 Å². The van der Waals surface area contributed by atoms with Crippen LogP contribution in [0.4, 0.5) is 5.69 Å². The van der Waals surface area contributed by atoms with E-state index in [0.29, 0.717) is 0 Å². The summed E-state index contributed by atoms with van der Waals surface area (Å²) in [5.41, 5.74) is 11.3. The number of hydrogen-bond donors (Lipinski definition) is 2. The Labute approximate surface area is 134 Å². The lowest BCUT2D eigenvalue weighted by Gasteiger charge is -2.27. The summed E-state index contributed by atoms with van der Waals surface area (Å²) in [6.07, 6.45) is 2.93. The summed E-state index contributed by atoms with van der Waals surface area (Å²) in [4.78, 5) is 0. The van der Waals surface area contributed by atoms with Gasteiger partial charge < -0.3 is 11.1 Å². The molecule has 2 aromatic rings. The number of rotatable bonds is 6. The highest BCUT2D eigenvalue weighted by molar-refractivity contribution is 5.73. The van der Waals surface area contributed by atoms with Gasteiger partial charge in [0.25, 0.3) is 0 Å². The second-order valence-electron chi connectivity index (χ2n) is 6.18. The quantitative estimate of drug-likeness (QED) is 0.750. The highest BCUT2D eigenvalue weighted by Crippen LogP contribution is 2.28. The maximum absolute atomic E-state index is 5.95. The van der Waals surface area contributed by atoms with Crippen LogP contribution in [-0.2, 0) is 5.54 Å². The van der Waals surface area contributed by atoms with E-state index in [0.717, 1.165) is 29.8 Å². The summed E-state index contributed by atoms with van der Waals surface area (Å²) >= 11 is 0. The van der Waals surface area contributed by atoms with Gasteiger partial charge in [0, 0.05) is 11.2 Å². The Kier molecular flexibility index (Phi) is 5.04. The summed E-state index contributed by atoms with van der Waals surface area (Å²) in [6, 6.07) is 14.8. The topological polar surface area (TPSA) is 38.0 Å². The third-order valence-corrected chi connectivity index (χ3v) is 4.04. The molecule has 0 aliphatic rings. The Morgan fingerprint density at radius 1 is 1.14 bits per heavy atom. The predicted molar refractivity (Wildman–Crippen MR) is 97.7 cm³/mol. The first-order valence-corrected chi connectivity index (χ1v) is 7.86. The van der Waals surface area contributed by atoms with Crippen molar-refractivity contribution in [2.45, 2.75) is 32.7 Å². The van der Waals surface area contributed by atoms with Crippen molar-refractivity contribution in [2.24, 2.45) is 0 Å². The molecule has 0 heterocycles. The molecule has 2 heteroatoms. The van der Waals surface area contributed by atoms with E-state index in [9.17, 15) is 0 Å². The van der Waals surface area contributed by atoms with Crippen LogP contribution in [0.25, 0.3) is 17.2 Å². The molecule has 0 aliphatic carbocycles. The maximum atomic E-state index is 5.95. The molecule has 2 nitrogen and oxygen atoms in total. The van der Waals surface area contributed by atoms with Gasteiger partial charge in [-0.2, -0.15) is 0 Å². The lowest BCUT2D eigenvalue weighted by Crippen LogP contribution is -2.36. The van der Waals surface area contributed by atoms with Crippen LogP contribution in [0.3, 0.4) is 0 Å². The molecule has 116 valence electrons. The predicted octanol–water partition coefficient (Wildman–Crippen LogP) is 4.81. The van der Waals surface area contributed by atoms with E-state index in [1.54, 1.807) is 6.08 Å². The van der Waals surface area contributed by atoms with Crippen molar-refractivity contribution < 1.29 is 0 Å². The first-order valence-electron chi connectivity index (χ1n) is 7.86. The largest absolute Gasteiger partial charge is 0.398 e. The highest BCUT2D eigenvalue weighted by atomic mass is 14.9. The molecule has 0 amide bonds. The zero-order chi connectivity index (χ0) is 16.2. The normalized spacial score (nSPS) is 11.4. The van der Waals surface area contributed by atoms with Crippen molar-refractivity contribution in [1.82, 2.24) is 5.32 Å². The third kappa shape index (κ3) is 3.58. The Morgan fingerprint density at radius 3 is 2.55 bits per heavy atom. The Hall–Kier alpha value is -2.06. The average molecular weight is 294 g/mol. The van der Waals surface area contributed by atoms with Gasteiger partial charge in [0.1, 0.15) is 0 Å². The fourth-order valence-electron chi connectivity index (χ4n) is 2.56. The van der Waals surface area contributed by atoms with Gasteiger partial charge in [-0.15, -0.1) is 0 Å². The van der Waals surface area contributed by atoms with E-state index in [2.05, 4.69) is 69.1 Å². The summed E-state index contributed by atoms with van der Waals surface area (Å²) in [5.74, 6) is 0. The van der Waals surface area contributed by atoms with Crippen LogP contribution in [0.15, 0.2) is 49.0 Å². The van der Waals surface area contributed by atoms with E-state index in [-0.39, 0.29) is 5.54 Å². The van der Waals surface area contributed by atoms with Crippen LogP contribution in [-0.4, -0.2) is 6.54 Å². The molecular weight excluding hydrogens is 268 g/mol. The van der Waals surface area contributed by atoms with Crippen LogP contribution in [0.1, 0.15) is 38.3 Å². The van der Waals surface area contributed by atoms with Gasteiger partial charge in [-0.3, -0.25) is 0 Å². The molecule has 0 radical (unpaired) electrons. The number of hydrogen-bond acceptors (Lipinski definition) is 2. The van der Waals surface area contributed by atoms with Crippen molar-refractivity contribution in [3.8, 4) is 11.1 Å². The van der Waals surface area contributed by atoms with Gasteiger partial charge in [-0.05, 0) is 67.3 Å². The van der Waals surface area contributed by atoms with Gasteiger partial charge in [0.15, 0.2) is 0 Å². The van der Waals surface area contributed by atoms with Crippen molar-refractivity contribution in [3.63, 3.8) is 0 Å². The third-order valence-electron chi connectivity index (χ3n) is 4.04. The van der Waals surface area contributed by atoms with Gasteiger partial charge >= 0.3 is 0 Å². The van der Waals surface area contributed by atoms with E-state index in [1.807, 2.05) is 6.07 Å². The number of anilines is 1. The zero-order valence-corrected chi connectivity index (χ0v) is 13.8. The lowest BCUT2D eigenvalue weighted by molar-refractivity contribution is 0.404. The monoisotopic (exact) mass is 294 g/mol. The summed E-state index contributed by atoms with van der Waals surface area (Å²) in [7, 11) is 0. The second-order valence-corrected chi connectivity index (χ2v) is 6.18. The Morgan fingerprint density at radius 2 is 1.86 bits per heavy atom. The number of nitrogens with two attached hydrogens (primary N) is 1. The smallest absolute Gasteiger partial charge is 0.0387 e. The minimum atomic E-state index is -0.0406. The molecule has 0 atom stereocenters. The molecule has 0 saturated carbocycles. The van der Waals surface area contributed by atoms with E-state index in [1.165, 1.54) is 11.1 Å². The first-order chi connectivity index (χ1) is 10.5. The Bertz CT molecular complexity index is 657.